The predicted molar refractivity (Wildman–Crippen MR) is 107 cm³/mol. The second-order valence-corrected chi connectivity index (χ2v) is 8.13. The minimum Gasteiger partial charge on any atom is -0.394 e. The molecular formula is C22H44O4. The topological polar surface area (TPSA) is 58.9 Å². The molecule has 1 aliphatic heterocycles. The van der Waals surface area contributed by atoms with Crippen LogP contribution in [-0.4, -0.2) is 41.9 Å². The van der Waals surface area contributed by atoms with Crippen molar-refractivity contribution in [2.75, 3.05) is 13.7 Å². The third-order valence-corrected chi connectivity index (χ3v) is 5.83. The largest absolute Gasteiger partial charge is 0.394 e. The number of ether oxygens (including phenoxy) is 2. The summed E-state index contributed by atoms with van der Waals surface area (Å²) in [5, 5.41) is 20.1. The van der Waals surface area contributed by atoms with Gasteiger partial charge < -0.3 is 19.7 Å². The smallest absolute Gasteiger partial charge is 0.160 e. The molecule has 0 bridgehead atoms. The van der Waals surface area contributed by atoms with Crippen LogP contribution >= 0.6 is 0 Å². The van der Waals surface area contributed by atoms with Gasteiger partial charge in [0.25, 0.3) is 0 Å². The summed E-state index contributed by atoms with van der Waals surface area (Å²) < 4.78 is 10.7. The van der Waals surface area contributed by atoms with Crippen LogP contribution in [0.5, 0.6) is 0 Å². The van der Waals surface area contributed by atoms with Crippen molar-refractivity contribution in [3.05, 3.63) is 0 Å². The lowest BCUT2D eigenvalue weighted by atomic mass is 9.89. The Morgan fingerprint density at radius 1 is 0.846 bits per heavy atom. The summed E-state index contributed by atoms with van der Waals surface area (Å²) in [4.78, 5) is 0. The molecule has 1 aliphatic rings. The van der Waals surface area contributed by atoms with E-state index in [9.17, 15) is 10.2 Å². The van der Waals surface area contributed by atoms with Crippen LogP contribution in [0.25, 0.3) is 0 Å². The molecule has 0 aromatic carbocycles. The molecule has 1 rings (SSSR count). The standard InChI is InChI=1S/C22H44O4/c1-3-4-5-6-7-8-9-10-11-12-13-14-15-16-17-22(24)18-21(25-2)26-20(22)19-23/h20-21,23-24H,3-19H2,1-2H3/t20-,21?,22+/m1/s1. The van der Waals surface area contributed by atoms with Gasteiger partial charge in [0, 0.05) is 13.5 Å². The normalized spacial score (nSPS) is 25.8. The fourth-order valence-electron chi connectivity index (χ4n) is 4.02. The van der Waals surface area contributed by atoms with E-state index in [0.717, 1.165) is 12.8 Å². The average molecular weight is 373 g/mol. The molecule has 0 aromatic heterocycles. The SMILES string of the molecule is CCCCCCCCCCCCCCCC[C@]1(O)CC(OC)O[C@@H]1CO. The summed E-state index contributed by atoms with van der Waals surface area (Å²) in [7, 11) is 1.58. The number of aliphatic hydroxyl groups excluding tert-OH is 1. The van der Waals surface area contributed by atoms with E-state index in [-0.39, 0.29) is 12.9 Å². The zero-order chi connectivity index (χ0) is 19.1. The van der Waals surface area contributed by atoms with Crippen molar-refractivity contribution >= 4 is 0 Å². The lowest BCUT2D eigenvalue weighted by molar-refractivity contribution is -0.136. The van der Waals surface area contributed by atoms with Gasteiger partial charge in [0.15, 0.2) is 6.29 Å². The maximum Gasteiger partial charge on any atom is 0.160 e. The molecule has 0 saturated carbocycles. The second-order valence-electron chi connectivity index (χ2n) is 8.13. The van der Waals surface area contributed by atoms with Crippen molar-refractivity contribution in [2.45, 2.75) is 128 Å². The van der Waals surface area contributed by atoms with Crippen molar-refractivity contribution in [1.82, 2.24) is 0 Å². The first-order valence-electron chi connectivity index (χ1n) is 11.2. The van der Waals surface area contributed by atoms with Gasteiger partial charge in [0.05, 0.1) is 12.2 Å². The molecule has 2 N–H and O–H groups in total. The summed E-state index contributed by atoms with van der Waals surface area (Å²) in [6.07, 6.45) is 18.9. The second kappa shape index (κ2) is 14.8. The van der Waals surface area contributed by atoms with Gasteiger partial charge in [-0.2, -0.15) is 0 Å². The first kappa shape index (κ1) is 23.9. The van der Waals surface area contributed by atoms with Crippen molar-refractivity contribution in [1.29, 1.82) is 0 Å². The third-order valence-electron chi connectivity index (χ3n) is 5.83. The average Bonchev–Trinajstić information content (AvgIpc) is 2.98. The minimum absolute atomic E-state index is 0.144. The van der Waals surface area contributed by atoms with Crippen LogP contribution < -0.4 is 0 Å². The Balaban J connectivity index is 1.90. The molecule has 0 aromatic rings. The van der Waals surface area contributed by atoms with Crippen LogP contribution in [0.3, 0.4) is 0 Å². The van der Waals surface area contributed by atoms with Crippen molar-refractivity contribution in [2.24, 2.45) is 0 Å². The van der Waals surface area contributed by atoms with E-state index in [1.54, 1.807) is 7.11 Å². The Morgan fingerprint density at radius 3 is 1.73 bits per heavy atom. The van der Waals surface area contributed by atoms with Crippen LogP contribution in [0.15, 0.2) is 0 Å². The van der Waals surface area contributed by atoms with Gasteiger partial charge in [-0.15, -0.1) is 0 Å². The summed E-state index contributed by atoms with van der Waals surface area (Å²) in [6, 6.07) is 0. The van der Waals surface area contributed by atoms with Crippen LogP contribution in [0.1, 0.15) is 110 Å². The number of unbranched alkanes of at least 4 members (excludes halogenated alkanes) is 13. The Morgan fingerprint density at radius 2 is 1.31 bits per heavy atom. The van der Waals surface area contributed by atoms with E-state index in [4.69, 9.17) is 9.47 Å². The first-order valence-corrected chi connectivity index (χ1v) is 11.2. The Labute approximate surface area is 161 Å². The molecule has 26 heavy (non-hydrogen) atoms. The van der Waals surface area contributed by atoms with Crippen LogP contribution in [0.2, 0.25) is 0 Å². The molecular weight excluding hydrogens is 328 g/mol. The van der Waals surface area contributed by atoms with E-state index in [2.05, 4.69) is 6.92 Å². The van der Waals surface area contributed by atoms with Crippen LogP contribution in [-0.2, 0) is 9.47 Å². The lowest BCUT2D eigenvalue weighted by Crippen LogP contribution is -2.40. The molecule has 1 fully saturated rings. The molecule has 0 amide bonds. The maximum atomic E-state index is 10.7. The van der Waals surface area contributed by atoms with E-state index in [0.29, 0.717) is 12.8 Å². The molecule has 4 heteroatoms. The van der Waals surface area contributed by atoms with Gasteiger partial charge in [-0.05, 0) is 6.42 Å². The zero-order valence-corrected chi connectivity index (χ0v) is 17.4. The van der Waals surface area contributed by atoms with Gasteiger partial charge in [0.2, 0.25) is 0 Å². The van der Waals surface area contributed by atoms with Crippen molar-refractivity contribution in [3.8, 4) is 0 Å². The molecule has 1 saturated heterocycles. The number of hydrogen-bond acceptors (Lipinski definition) is 4. The summed E-state index contributed by atoms with van der Waals surface area (Å²) in [5.74, 6) is 0. The quantitative estimate of drug-likeness (QED) is 0.338. The molecule has 3 atom stereocenters. The highest BCUT2D eigenvalue weighted by Gasteiger charge is 2.46. The van der Waals surface area contributed by atoms with Gasteiger partial charge >= 0.3 is 0 Å². The number of hydrogen-bond donors (Lipinski definition) is 2. The van der Waals surface area contributed by atoms with E-state index in [1.165, 1.54) is 77.0 Å². The predicted octanol–water partition coefficient (Wildman–Crippen LogP) is 5.34. The highest BCUT2D eigenvalue weighted by Crippen LogP contribution is 2.35. The Hall–Kier alpha value is -0.160. The van der Waals surface area contributed by atoms with Crippen LogP contribution in [0, 0.1) is 0 Å². The summed E-state index contributed by atoms with van der Waals surface area (Å²) in [6.45, 7) is 2.13. The number of rotatable bonds is 17. The number of methoxy groups -OCH3 is 1. The molecule has 156 valence electrons. The van der Waals surface area contributed by atoms with E-state index < -0.39 is 11.7 Å². The minimum atomic E-state index is -0.924. The fraction of sp³-hybridized carbons (Fsp3) is 1.00. The summed E-state index contributed by atoms with van der Waals surface area (Å²) in [5.41, 5.74) is -0.924. The first-order chi connectivity index (χ1) is 12.7. The third kappa shape index (κ3) is 9.68. The highest BCUT2D eigenvalue weighted by atomic mass is 16.7. The molecule has 0 aliphatic carbocycles. The van der Waals surface area contributed by atoms with E-state index >= 15 is 0 Å². The molecule has 0 spiro atoms. The molecule has 4 nitrogen and oxygen atoms in total. The Bertz CT molecular complexity index is 323. The lowest BCUT2D eigenvalue weighted by Gasteiger charge is -2.26. The monoisotopic (exact) mass is 372 g/mol. The molecule has 1 heterocycles. The van der Waals surface area contributed by atoms with Crippen LogP contribution in [0.4, 0.5) is 0 Å². The van der Waals surface area contributed by atoms with Crippen molar-refractivity contribution in [3.63, 3.8) is 0 Å². The highest BCUT2D eigenvalue weighted by molar-refractivity contribution is 4.93. The number of aliphatic hydroxyl groups is 2. The molecule has 1 unspecified atom stereocenters. The van der Waals surface area contributed by atoms with E-state index in [1.807, 2.05) is 0 Å². The van der Waals surface area contributed by atoms with Crippen molar-refractivity contribution < 1.29 is 19.7 Å². The molecule has 0 radical (unpaired) electrons. The van der Waals surface area contributed by atoms with Gasteiger partial charge in [-0.1, -0.05) is 96.8 Å². The fourth-order valence-corrected chi connectivity index (χ4v) is 4.02. The maximum absolute atomic E-state index is 10.7. The van der Waals surface area contributed by atoms with Gasteiger partial charge in [-0.3, -0.25) is 0 Å². The zero-order valence-electron chi connectivity index (χ0n) is 17.4. The van der Waals surface area contributed by atoms with Gasteiger partial charge in [-0.25, -0.2) is 0 Å². The Kier molecular flexibility index (Phi) is 13.6. The van der Waals surface area contributed by atoms with Gasteiger partial charge in [0.1, 0.15) is 6.10 Å². The summed E-state index contributed by atoms with van der Waals surface area (Å²) >= 11 is 0.